The number of aldehydes is 1. The molecule has 0 amide bonds. The molecule has 0 radical (unpaired) electrons. The van der Waals surface area contributed by atoms with Crippen molar-refractivity contribution >= 4 is 22.2 Å². The lowest BCUT2D eigenvalue weighted by molar-refractivity contribution is -0.109. The molecule has 16 heavy (non-hydrogen) atoms. The summed E-state index contributed by atoms with van der Waals surface area (Å²) in [5.41, 5.74) is 0.761. The number of rotatable bonds is 2. The quantitative estimate of drug-likeness (QED) is 0.782. The Morgan fingerprint density at radius 3 is 2.69 bits per heavy atom. The number of hydrogen-bond donors (Lipinski definition) is 0. The highest BCUT2D eigenvalue weighted by Crippen LogP contribution is 2.50. The van der Waals surface area contributed by atoms with Crippen molar-refractivity contribution in [2.24, 2.45) is 0 Å². The van der Waals surface area contributed by atoms with E-state index in [1.54, 1.807) is 0 Å². The topological polar surface area (TPSA) is 35.5 Å². The zero-order chi connectivity index (χ0) is 11.2. The largest absolute Gasteiger partial charge is 0.486 e. The Balaban J connectivity index is 2.08. The van der Waals surface area contributed by atoms with Gasteiger partial charge in [-0.2, -0.15) is 0 Å². The summed E-state index contributed by atoms with van der Waals surface area (Å²) in [6, 6.07) is 3.90. The highest BCUT2D eigenvalue weighted by molar-refractivity contribution is 9.10. The van der Waals surface area contributed by atoms with Gasteiger partial charge >= 0.3 is 0 Å². The van der Waals surface area contributed by atoms with Gasteiger partial charge in [0.05, 0.1) is 9.89 Å². The minimum atomic E-state index is -0.266. The lowest BCUT2D eigenvalue weighted by atomic mass is 9.97. The number of ether oxygens (including phenoxy) is 2. The molecule has 1 saturated carbocycles. The van der Waals surface area contributed by atoms with Crippen LogP contribution in [-0.2, 0) is 10.2 Å². The van der Waals surface area contributed by atoms with Crippen LogP contribution in [0.2, 0.25) is 0 Å². The Kier molecular flexibility index (Phi) is 2.21. The van der Waals surface area contributed by atoms with Gasteiger partial charge in [0.2, 0.25) is 0 Å². The van der Waals surface area contributed by atoms with E-state index >= 15 is 0 Å². The van der Waals surface area contributed by atoms with Gasteiger partial charge in [-0.25, -0.2) is 0 Å². The molecule has 0 atom stereocenters. The van der Waals surface area contributed by atoms with Crippen molar-refractivity contribution in [3.8, 4) is 11.5 Å². The van der Waals surface area contributed by atoms with Crippen LogP contribution in [0.4, 0.5) is 0 Å². The van der Waals surface area contributed by atoms with E-state index in [1.165, 1.54) is 0 Å². The van der Waals surface area contributed by atoms with Crippen molar-refractivity contribution in [1.82, 2.24) is 0 Å². The minimum absolute atomic E-state index is 0.266. The van der Waals surface area contributed by atoms with Gasteiger partial charge in [-0.05, 0) is 46.5 Å². The van der Waals surface area contributed by atoms with Crippen LogP contribution in [0.3, 0.4) is 0 Å². The normalized spacial score (nSPS) is 20.3. The Bertz CT molecular complexity index is 452. The molecule has 84 valence electrons. The van der Waals surface area contributed by atoms with Gasteiger partial charge in [-0.15, -0.1) is 0 Å². The van der Waals surface area contributed by atoms with Crippen LogP contribution in [0.1, 0.15) is 18.4 Å². The molecule has 3 rings (SSSR count). The number of fused-ring (bicyclic) bond motifs is 1. The molecule has 1 aromatic rings. The lowest BCUT2D eigenvalue weighted by Crippen LogP contribution is -2.17. The van der Waals surface area contributed by atoms with Crippen LogP contribution in [-0.4, -0.2) is 19.5 Å². The maximum Gasteiger partial charge on any atom is 0.175 e. The molecule has 0 aromatic heterocycles. The number of hydrogen-bond acceptors (Lipinski definition) is 3. The van der Waals surface area contributed by atoms with Gasteiger partial charge in [-0.3, -0.25) is 0 Å². The summed E-state index contributed by atoms with van der Waals surface area (Å²) in [5.74, 6) is 1.49. The average molecular weight is 283 g/mol. The van der Waals surface area contributed by atoms with Gasteiger partial charge in [0.25, 0.3) is 0 Å². The van der Waals surface area contributed by atoms with Crippen LogP contribution in [0.25, 0.3) is 0 Å². The molecule has 0 saturated heterocycles. The molecule has 1 fully saturated rings. The third kappa shape index (κ3) is 1.44. The summed E-state index contributed by atoms with van der Waals surface area (Å²) >= 11 is 3.46. The van der Waals surface area contributed by atoms with E-state index in [4.69, 9.17) is 9.47 Å². The summed E-state index contributed by atoms with van der Waals surface area (Å²) in [7, 11) is 0. The zero-order valence-corrected chi connectivity index (χ0v) is 10.2. The standard InChI is InChI=1S/C12H11BrO3/c13-9-5-8(12(7-14)1-2-12)6-10-11(9)16-4-3-15-10/h5-7H,1-4H2. The predicted octanol–water partition coefficient (Wildman–Crippen LogP) is 2.45. The highest BCUT2D eigenvalue weighted by atomic mass is 79.9. The molecule has 0 bridgehead atoms. The van der Waals surface area contributed by atoms with E-state index in [2.05, 4.69) is 15.9 Å². The Morgan fingerprint density at radius 2 is 2.00 bits per heavy atom. The number of benzene rings is 1. The fourth-order valence-electron chi connectivity index (χ4n) is 2.01. The fraction of sp³-hybridized carbons (Fsp3) is 0.417. The molecule has 1 aliphatic heterocycles. The summed E-state index contributed by atoms with van der Waals surface area (Å²) in [6.45, 7) is 1.14. The van der Waals surface area contributed by atoms with Crippen LogP contribution >= 0.6 is 15.9 Å². The van der Waals surface area contributed by atoms with Crippen molar-refractivity contribution in [1.29, 1.82) is 0 Å². The molecule has 1 aliphatic carbocycles. The average Bonchev–Trinajstić information content (AvgIpc) is 3.10. The van der Waals surface area contributed by atoms with Gasteiger partial charge in [0.15, 0.2) is 11.5 Å². The minimum Gasteiger partial charge on any atom is -0.486 e. The van der Waals surface area contributed by atoms with Gasteiger partial charge in [0.1, 0.15) is 19.5 Å². The lowest BCUT2D eigenvalue weighted by Gasteiger charge is -2.21. The van der Waals surface area contributed by atoms with Crippen LogP contribution in [0, 0.1) is 0 Å². The smallest absolute Gasteiger partial charge is 0.175 e. The summed E-state index contributed by atoms with van der Waals surface area (Å²) in [6.07, 6.45) is 2.91. The second-order valence-corrected chi connectivity index (χ2v) is 5.11. The second-order valence-electron chi connectivity index (χ2n) is 4.26. The monoisotopic (exact) mass is 282 g/mol. The van der Waals surface area contributed by atoms with Crippen LogP contribution < -0.4 is 9.47 Å². The van der Waals surface area contributed by atoms with E-state index in [0.29, 0.717) is 13.2 Å². The van der Waals surface area contributed by atoms with E-state index in [1.807, 2.05) is 12.1 Å². The second kappa shape index (κ2) is 3.48. The van der Waals surface area contributed by atoms with Gasteiger partial charge in [-0.1, -0.05) is 0 Å². The van der Waals surface area contributed by atoms with Crippen molar-refractivity contribution in [3.63, 3.8) is 0 Å². The highest BCUT2D eigenvalue weighted by Gasteiger charge is 2.45. The maximum atomic E-state index is 11.1. The molecule has 0 spiro atoms. The molecular formula is C12H11BrO3. The molecular weight excluding hydrogens is 272 g/mol. The number of carbonyl (C=O) groups is 1. The summed E-state index contributed by atoms with van der Waals surface area (Å²) in [5, 5.41) is 0. The van der Waals surface area contributed by atoms with E-state index < -0.39 is 0 Å². The molecule has 1 heterocycles. The first-order chi connectivity index (χ1) is 7.75. The van der Waals surface area contributed by atoms with Crippen molar-refractivity contribution in [3.05, 3.63) is 22.2 Å². The summed E-state index contributed by atoms with van der Waals surface area (Å²) < 4.78 is 11.9. The zero-order valence-electron chi connectivity index (χ0n) is 8.66. The van der Waals surface area contributed by atoms with Crippen LogP contribution in [0.15, 0.2) is 16.6 Å². The van der Waals surface area contributed by atoms with Crippen molar-refractivity contribution < 1.29 is 14.3 Å². The van der Waals surface area contributed by atoms with E-state index in [-0.39, 0.29) is 5.41 Å². The first-order valence-corrected chi connectivity index (χ1v) is 6.10. The predicted molar refractivity (Wildman–Crippen MR) is 62.1 cm³/mol. The SMILES string of the molecule is O=CC1(c2cc(Br)c3c(c2)OCCO3)CC1. The fourth-order valence-corrected chi connectivity index (χ4v) is 2.56. The van der Waals surface area contributed by atoms with Crippen molar-refractivity contribution in [2.75, 3.05) is 13.2 Å². The Morgan fingerprint density at radius 1 is 1.25 bits per heavy atom. The first-order valence-electron chi connectivity index (χ1n) is 5.31. The van der Waals surface area contributed by atoms with Crippen LogP contribution in [0.5, 0.6) is 11.5 Å². The Labute approximate surface area is 102 Å². The molecule has 4 heteroatoms. The molecule has 3 nitrogen and oxygen atoms in total. The van der Waals surface area contributed by atoms with E-state index in [0.717, 1.165) is 40.7 Å². The molecule has 1 aromatic carbocycles. The number of carbonyl (C=O) groups excluding carboxylic acids is 1. The molecule has 0 N–H and O–H groups in total. The van der Waals surface area contributed by atoms with Crippen molar-refractivity contribution in [2.45, 2.75) is 18.3 Å². The Hall–Kier alpha value is -1.03. The maximum absolute atomic E-state index is 11.1. The molecule has 2 aliphatic rings. The molecule has 0 unspecified atom stereocenters. The third-order valence-electron chi connectivity index (χ3n) is 3.19. The summed E-state index contributed by atoms with van der Waals surface area (Å²) in [4.78, 5) is 11.1. The third-order valence-corrected chi connectivity index (χ3v) is 3.78. The van der Waals surface area contributed by atoms with Gasteiger partial charge < -0.3 is 14.3 Å². The number of halogens is 1. The first kappa shape index (κ1) is 10.1. The van der Waals surface area contributed by atoms with Gasteiger partial charge in [0, 0.05) is 0 Å². The van der Waals surface area contributed by atoms with E-state index in [9.17, 15) is 4.79 Å².